The average Bonchev–Trinajstić information content (AvgIpc) is 2.71. The number of rotatable bonds is 4. The minimum Gasteiger partial charge on any atom is -0.441 e. The molecule has 2 aromatic rings. The predicted molar refractivity (Wildman–Crippen MR) is 73.0 cm³/mol. The normalized spacial score (nSPS) is 12.0. The molecule has 6 heteroatoms. The third-order valence-electron chi connectivity index (χ3n) is 2.85. The topological polar surface area (TPSA) is 63.4 Å². The molecule has 0 fully saturated rings. The molecular weight excluding hydrogens is 264 g/mol. The molecule has 0 aliphatic carbocycles. The predicted octanol–water partition coefficient (Wildman–Crippen LogP) is 2.04. The standard InChI is InChI=1S/C13H16N2O3S/c1-10-12(9-15(2)19(3,16)17)14-13(18-10)11-7-5-4-6-8-11/h4-8H,9H2,1-3H3. The fourth-order valence-corrected chi connectivity index (χ4v) is 1.96. The van der Waals surface area contributed by atoms with E-state index in [1.54, 1.807) is 6.92 Å². The number of aryl methyl sites for hydroxylation is 1. The van der Waals surface area contributed by atoms with Crippen molar-refractivity contribution in [3.05, 3.63) is 41.8 Å². The quantitative estimate of drug-likeness (QED) is 0.859. The van der Waals surface area contributed by atoms with Crippen LogP contribution in [0.1, 0.15) is 11.5 Å². The lowest BCUT2D eigenvalue weighted by Gasteiger charge is -2.11. The first-order valence-corrected chi connectivity index (χ1v) is 7.66. The molecule has 0 N–H and O–H groups in total. The van der Waals surface area contributed by atoms with E-state index in [1.807, 2.05) is 30.3 Å². The molecule has 0 spiro atoms. The molecule has 102 valence electrons. The van der Waals surface area contributed by atoms with E-state index in [9.17, 15) is 8.42 Å². The van der Waals surface area contributed by atoms with Gasteiger partial charge in [0.1, 0.15) is 5.76 Å². The lowest BCUT2D eigenvalue weighted by atomic mass is 10.2. The molecular formula is C13H16N2O3S. The fraction of sp³-hybridized carbons (Fsp3) is 0.308. The van der Waals surface area contributed by atoms with E-state index in [0.717, 1.165) is 5.56 Å². The van der Waals surface area contributed by atoms with Crippen molar-refractivity contribution in [1.29, 1.82) is 0 Å². The van der Waals surface area contributed by atoms with Gasteiger partial charge < -0.3 is 4.42 Å². The second kappa shape index (κ2) is 5.14. The number of hydrogen-bond acceptors (Lipinski definition) is 4. The first kappa shape index (κ1) is 13.8. The Morgan fingerprint density at radius 3 is 2.47 bits per heavy atom. The van der Waals surface area contributed by atoms with Crippen molar-refractivity contribution in [2.75, 3.05) is 13.3 Å². The number of oxazole rings is 1. The highest BCUT2D eigenvalue weighted by molar-refractivity contribution is 7.88. The highest BCUT2D eigenvalue weighted by Crippen LogP contribution is 2.22. The Morgan fingerprint density at radius 1 is 1.26 bits per heavy atom. The van der Waals surface area contributed by atoms with Gasteiger partial charge in [0.15, 0.2) is 0 Å². The van der Waals surface area contributed by atoms with Gasteiger partial charge in [0.05, 0.1) is 18.5 Å². The molecule has 19 heavy (non-hydrogen) atoms. The van der Waals surface area contributed by atoms with E-state index in [2.05, 4.69) is 4.98 Å². The van der Waals surface area contributed by atoms with Gasteiger partial charge >= 0.3 is 0 Å². The Bertz CT molecular complexity index is 662. The average molecular weight is 280 g/mol. The van der Waals surface area contributed by atoms with Crippen LogP contribution in [0.4, 0.5) is 0 Å². The number of benzene rings is 1. The van der Waals surface area contributed by atoms with Gasteiger partial charge in [0.25, 0.3) is 0 Å². The highest BCUT2D eigenvalue weighted by atomic mass is 32.2. The van der Waals surface area contributed by atoms with Crippen molar-refractivity contribution in [2.45, 2.75) is 13.5 Å². The fourth-order valence-electron chi connectivity index (χ4n) is 1.61. The van der Waals surface area contributed by atoms with Gasteiger partial charge in [-0.3, -0.25) is 0 Å². The van der Waals surface area contributed by atoms with E-state index < -0.39 is 10.0 Å². The van der Waals surface area contributed by atoms with Crippen LogP contribution >= 0.6 is 0 Å². The van der Waals surface area contributed by atoms with Crippen LogP contribution in [0.5, 0.6) is 0 Å². The van der Waals surface area contributed by atoms with Gasteiger partial charge in [-0.2, -0.15) is 4.31 Å². The van der Waals surface area contributed by atoms with Crippen molar-refractivity contribution < 1.29 is 12.8 Å². The zero-order chi connectivity index (χ0) is 14.0. The van der Waals surface area contributed by atoms with Crippen molar-refractivity contribution in [3.8, 4) is 11.5 Å². The van der Waals surface area contributed by atoms with Crippen LogP contribution in [-0.2, 0) is 16.6 Å². The summed E-state index contributed by atoms with van der Waals surface area (Å²) in [6.07, 6.45) is 1.17. The SMILES string of the molecule is Cc1oc(-c2ccccc2)nc1CN(C)S(C)(=O)=O. The molecule has 0 saturated carbocycles. The van der Waals surface area contributed by atoms with E-state index in [1.165, 1.54) is 17.6 Å². The molecule has 0 aliphatic rings. The van der Waals surface area contributed by atoms with Crippen LogP contribution in [0.3, 0.4) is 0 Å². The minimum absolute atomic E-state index is 0.209. The number of sulfonamides is 1. The summed E-state index contributed by atoms with van der Waals surface area (Å²) in [5.74, 6) is 1.14. The van der Waals surface area contributed by atoms with Gasteiger partial charge in [-0.25, -0.2) is 13.4 Å². The Morgan fingerprint density at radius 2 is 1.89 bits per heavy atom. The number of nitrogens with zero attached hydrogens (tertiary/aromatic N) is 2. The molecule has 0 saturated heterocycles. The second-order valence-corrected chi connectivity index (χ2v) is 6.50. The van der Waals surface area contributed by atoms with Gasteiger partial charge in [-0.15, -0.1) is 0 Å². The summed E-state index contributed by atoms with van der Waals surface area (Å²) in [6.45, 7) is 1.99. The van der Waals surface area contributed by atoms with E-state index in [4.69, 9.17) is 4.42 Å². The zero-order valence-electron chi connectivity index (χ0n) is 11.1. The third kappa shape index (κ3) is 3.21. The smallest absolute Gasteiger partial charge is 0.226 e. The maximum Gasteiger partial charge on any atom is 0.226 e. The number of aromatic nitrogens is 1. The maximum atomic E-state index is 11.4. The zero-order valence-corrected chi connectivity index (χ0v) is 11.9. The summed E-state index contributed by atoms with van der Waals surface area (Å²) >= 11 is 0. The summed E-state index contributed by atoms with van der Waals surface area (Å²) in [7, 11) is -1.70. The van der Waals surface area contributed by atoms with Crippen molar-refractivity contribution >= 4 is 10.0 Å². The van der Waals surface area contributed by atoms with Crippen LogP contribution < -0.4 is 0 Å². The molecule has 0 unspecified atom stereocenters. The van der Waals surface area contributed by atoms with E-state index in [-0.39, 0.29) is 6.54 Å². The Balaban J connectivity index is 2.28. The van der Waals surface area contributed by atoms with Crippen LogP contribution in [0, 0.1) is 6.92 Å². The molecule has 0 amide bonds. The van der Waals surface area contributed by atoms with Gasteiger partial charge in [0, 0.05) is 12.6 Å². The van der Waals surface area contributed by atoms with Crippen LogP contribution in [0.2, 0.25) is 0 Å². The minimum atomic E-state index is -3.22. The van der Waals surface area contributed by atoms with Gasteiger partial charge in [-0.05, 0) is 19.1 Å². The molecule has 1 aromatic carbocycles. The van der Waals surface area contributed by atoms with Crippen molar-refractivity contribution in [3.63, 3.8) is 0 Å². The Hall–Kier alpha value is -1.66. The largest absolute Gasteiger partial charge is 0.441 e. The van der Waals surface area contributed by atoms with Crippen molar-refractivity contribution in [2.24, 2.45) is 0 Å². The molecule has 1 aromatic heterocycles. The first-order valence-electron chi connectivity index (χ1n) is 5.81. The summed E-state index contributed by atoms with van der Waals surface area (Å²) < 4.78 is 29.6. The second-order valence-electron chi connectivity index (χ2n) is 4.41. The Labute approximate surface area is 112 Å². The summed E-state index contributed by atoms with van der Waals surface area (Å²) in [5, 5.41) is 0. The molecule has 0 radical (unpaired) electrons. The van der Waals surface area contributed by atoms with Gasteiger partial charge in [0.2, 0.25) is 15.9 Å². The lowest BCUT2D eigenvalue weighted by Crippen LogP contribution is -2.25. The van der Waals surface area contributed by atoms with E-state index in [0.29, 0.717) is 17.3 Å². The van der Waals surface area contributed by atoms with Crippen LogP contribution in [0.25, 0.3) is 11.5 Å². The highest BCUT2D eigenvalue weighted by Gasteiger charge is 2.17. The van der Waals surface area contributed by atoms with Crippen LogP contribution in [-0.4, -0.2) is 31.0 Å². The number of hydrogen-bond donors (Lipinski definition) is 0. The summed E-state index contributed by atoms with van der Waals surface area (Å²) in [6, 6.07) is 9.51. The molecule has 5 nitrogen and oxygen atoms in total. The third-order valence-corrected chi connectivity index (χ3v) is 4.11. The molecule has 0 atom stereocenters. The van der Waals surface area contributed by atoms with E-state index >= 15 is 0 Å². The maximum absolute atomic E-state index is 11.4. The first-order chi connectivity index (χ1) is 8.88. The van der Waals surface area contributed by atoms with Crippen molar-refractivity contribution in [1.82, 2.24) is 9.29 Å². The lowest BCUT2D eigenvalue weighted by molar-refractivity contribution is 0.462. The molecule has 2 rings (SSSR count). The summed E-state index contributed by atoms with van der Waals surface area (Å²) in [4.78, 5) is 4.36. The monoisotopic (exact) mass is 280 g/mol. The molecule has 1 heterocycles. The molecule has 0 aliphatic heterocycles. The Kier molecular flexibility index (Phi) is 3.73. The molecule has 0 bridgehead atoms. The van der Waals surface area contributed by atoms with Gasteiger partial charge in [-0.1, -0.05) is 18.2 Å². The summed E-state index contributed by atoms with van der Waals surface area (Å²) in [5.41, 5.74) is 1.51. The van der Waals surface area contributed by atoms with Crippen LogP contribution in [0.15, 0.2) is 34.7 Å².